The summed E-state index contributed by atoms with van der Waals surface area (Å²) in [6, 6.07) is 12.1. The van der Waals surface area contributed by atoms with E-state index in [2.05, 4.69) is 5.32 Å². The van der Waals surface area contributed by atoms with Gasteiger partial charge in [-0.3, -0.25) is 4.79 Å². The lowest BCUT2D eigenvalue weighted by molar-refractivity contribution is -0.117. The van der Waals surface area contributed by atoms with Crippen LogP contribution in [0.4, 0.5) is 0 Å². The van der Waals surface area contributed by atoms with Gasteiger partial charge in [0.2, 0.25) is 5.91 Å². The van der Waals surface area contributed by atoms with E-state index in [1.165, 1.54) is 19.3 Å². The summed E-state index contributed by atoms with van der Waals surface area (Å²) in [5.74, 6) is 1.44. The van der Waals surface area contributed by atoms with Gasteiger partial charge in [-0.2, -0.15) is 0 Å². The first-order valence-electron chi connectivity index (χ1n) is 11.4. The smallest absolute Gasteiger partial charge is 0.244 e. The van der Waals surface area contributed by atoms with Crippen LogP contribution in [0.15, 0.2) is 53.2 Å². The molecule has 1 aromatic heterocycles. The van der Waals surface area contributed by atoms with Crippen molar-refractivity contribution in [2.45, 2.75) is 52.0 Å². The summed E-state index contributed by atoms with van der Waals surface area (Å²) in [5.41, 5.74) is 4.38. The van der Waals surface area contributed by atoms with Gasteiger partial charge in [-0.05, 0) is 44.4 Å². The number of amides is 1. The minimum Gasteiger partial charge on any atom is -0.496 e. The second-order valence-corrected chi connectivity index (χ2v) is 8.30. The first-order chi connectivity index (χ1) is 15.6. The van der Waals surface area contributed by atoms with E-state index in [-0.39, 0.29) is 11.9 Å². The number of benzene rings is 2. The van der Waals surface area contributed by atoms with E-state index in [9.17, 15) is 4.79 Å². The molecule has 0 bridgehead atoms. The Morgan fingerprint density at radius 2 is 1.91 bits per heavy atom. The Kier molecular flexibility index (Phi) is 6.84. The fourth-order valence-corrected chi connectivity index (χ4v) is 4.48. The molecule has 0 radical (unpaired) electrons. The van der Waals surface area contributed by atoms with Crippen LogP contribution in [0.25, 0.3) is 27.7 Å². The topological polar surface area (TPSA) is 60.7 Å². The molecule has 1 amide bonds. The zero-order valence-corrected chi connectivity index (χ0v) is 19.1. The second-order valence-electron chi connectivity index (χ2n) is 8.30. The van der Waals surface area contributed by atoms with Crippen molar-refractivity contribution in [1.82, 2.24) is 5.32 Å². The summed E-state index contributed by atoms with van der Waals surface area (Å²) in [7, 11) is 1.66. The molecule has 1 heterocycles. The highest BCUT2D eigenvalue weighted by atomic mass is 16.5. The third-order valence-corrected chi connectivity index (χ3v) is 6.10. The van der Waals surface area contributed by atoms with Crippen LogP contribution >= 0.6 is 0 Å². The van der Waals surface area contributed by atoms with Gasteiger partial charge in [0.15, 0.2) is 0 Å². The Hall–Kier alpha value is -3.21. The molecule has 168 valence electrons. The number of para-hydroxylation sites is 1. The molecule has 4 rings (SSSR count). The molecule has 1 aliphatic rings. The molecule has 3 aromatic rings. The zero-order chi connectivity index (χ0) is 22.5. The number of fused-ring (bicyclic) bond motifs is 1. The maximum atomic E-state index is 12.7. The van der Waals surface area contributed by atoms with Crippen LogP contribution in [0.3, 0.4) is 0 Å². The van der Waals surface area contributed by atoms with E-state index < -0.39 is 0 Å². The largest absolute Gasteiger partial charge is 0.496 e. The van der Waals surface area contributed by atoms with E-state index in [4.69, 9.17) is 13.9 Å². The van der Waals surface area contributed by atoms with Crippen LogP contribution in [0.2, 0.25) is 0 Å². The zero-order valence-electron chi connectivity index (χ0n) is 19.1. The number of nitrogens with one attached hydrogen (secondary N) is 1. The quantitative estimate of drug-likeness (QED) is 0.441. The molecule has 0 unspecified atom stereocenters. The van der Waals surface area contributed by atoms with Crippen molar-refractivity contribution < 1.29 is 18.7 Å². The SMILES string of the molecule is CCOc1cc2occ(-c3ccccc3OC)c2cc1/C(C)=C/C(=O)NC1CCCCC1. The molecular weight excluding hydrogens is 402 g/mol. The van der Waals surface area contributed by atoms with E-state index in [1.54, 1.807) is 19.4 Å². The van der Waals surface area contributed by atoms with Gasteiger partial charge in [-0.15, -0.1) is 0 Å². The highest BCUT2D eigenvalue weighted by molar-refractivity contribution is 6.01. The van der Waals surface area contributed by atoms with Crippen molar-refractivity contribution in [3.63, 3.8) is 0 Å². The molecule has 0 spiro atoms. The Balaban J connectivity index is 1.72. The third-order valence-electron chi connectivity index (χ3n) is 6.10. The van der Waals surface area contributed by atoms with Gasteiger partial charge in [0, 0.05) is 40.3 Å². The van der Waals surface area contributed by atoms with Crippen molar-refractivity contribution in [2.24, 2.45) is 0 Å². The molecule has 0 aliphatic heterocycles. The lowest BCUT2D eigenvalue weighted by Gasteiger charge is -2.22. The van der Waals surface area contributed by atoms with Crippen LogP contribution in [0, 0.1) is 0 Å². The van der Waals surface area contributed by atoms with E-state index in [0.717, 1.165) is 51.8 Å². The fraction of sp³-hybridized carbons (Fsp3) is 0.370. The summed E-state index contributed by atoms with van der Waals surface area (Å²) in [5, 5.41) is 4.12. The predicted molar refractivity (Wildman–Crippen MR) is 128 cm³/mol. The molecular formula is C27H31NO4. The maximum Gasteiger partial charge on any atom is 0.244 e. The second kappa shape index (κ2) is 9.94. The number of carbonyl (C=O) groups excluding carboxylic acids is 1. The third kappa shape index (κ3) is 4.67. The van der Waals surface area contributed by atoms with Crippen molar-refractivity contribution in [3.05, 3.63) is 54.3 Å². The van der Waals surface area contributed by atoms with Gasteiger partial charge in [-0.25, -0.2) is 0 Å². The summed E-state index contributed by atoms with van der Waals surface area (Å²) in [6.45, 7) is 4.43. The van der Waals surface area contributed by atoms with Crippen LogP contribution in [0.1, 0.15) is 51.5 Å². The number of rotatable bonds is 7. The average Bonchev–Trinajstić information content (AvgIpc) is 3.22. The van der Waals surface area contributed by atoms with Crippen molar-refractivity contribution in [3.8, 4) is 22.6 Å². The highest BCUT2D eigenvalue weighted by Crippen LogP contribution is 2.40. The Morgan fingerprint density at radius 1 is 1.12 bits per heavy atom. The van der Waals surface area contributed by atoms with Crippen LogP contribution in [-0.2, 0) is 4.79 Å². The van der Waals surface area contributed by atoms with Gasteiger partial charge in [0.1, 0.15) is 17.1 Å². The summed E-state index contributed by atoms with van der Waals surface area (Å²) >= 11 is 0. The van der Waals surface area contributed by atoms with Crippen molar-refractivity contribution in [1.29, 1.82) is 0 Å². The standard InChI is InChI=1S/C27H31NO4/c1-4-31-25-16-26-22(23(17-32-26)20-12-8-9-13-24(20)30-3)15-21(25)18(2)14-27(29)28-19-10-6-5-7-11-19/h8-9,12-17,19H,4-7,10-11H2,1-3H3,(H,28,29)/b18-14+. The van der Waals surface area contributed by atoms with Gasteiger partial charge < -0.3 is 19.2 Å². The molecule has 1 fully saturated rings. The number of carbonyl (C=O) groups is 1. The highest BCUT2D eigenvalue weighted by Gasteiger charge is 2.18. The van der Waals surface area contributed by atoms with E-state index in [1.807, 2.05) is 50.2 Å². The molecule has 1 aliphatic carbocycles. The molecule has 32 heavy (non-hydrogen) atoms. The number of allylic oxidation sites excluding steroid dienone is 1. The molecule has 0 saturated heterocycles. The number of hydrogen-bond acceptors (Lipinski definition) is 4. The van der Waals surface area contributed by atoms with Gasteiger partial charge >= 0.3 is 0 Å². The summed E-state index contributed by atoms with van der Waals surface area (Å²) in [4.78, 5) is 12.7. The molecule has 2 aromatic carbocycles. The lowest BCUT2D eigenvalue weighted by Crippen LogP contribution is -2.35. The summed E-state index contributed by atoms with van der Waals surface area (Å²) in [6.07, 6.45) is 9.18. The Bertz CT molecular complexity index is 1120. The normalized spacial score (nSPS) is 15.0. The average molecular weight is 434 g/mol. The molecule has 5 nitrogen and oxygen atoms in total. The predicted octanol–water partition coefficient (Wildman–Crippen LogP) is 6.36. The molecule has 0 atom stereocenters. The fourth-order valence-electron chi connectivity index (χ4n) is 4.48. The molecule has 1 saturated carbocycles. The van der Waals surface area contributed by atoms with Gasteiger partial charge in [0.05, 0.1) is 20.0 Å². The number of hydrogen-bond donors (Lipinski definition) is 1. The number of furan rings is 1. The summed E-state index contributed by atoms with van der Waals surface area (Å²) < 4.78 is 17.3. The minimum atomic E-state index is -0.0471. The van der Waals surface area contributed by atoms with Crippen LogP contribution in [-0.4, -0.2) is 25.7 Å². The van der Waals surface area contributed by atoms with Crippen LogP contribution in [0.5, 0.6) is 11.5 Å². The Labute approximate surface area is 189 Å². The van der Waals surface area contributed by atoms with Gasteiger partial charge in [0.25, 0.3) is 0 Å². The van der Waals surface area contributed by atoms with E-state index >= 15 is 0 Å². The first-order valence-corrected chi connectivity index (χ1v) is 11.4. The minimum absolute atomic E-state index is 0.0471. The van der Waals surface area contributed by atoms with Gasteiger partial charge in [-0.1, -0.05) is 37.5 Å². The Morgan fingerprint density at radius 3 is 2.66 bits per heavy atom. The number of methoxy groups -OCH3 is 1. The molecule has 5 heteroatoms. The van der Waals surface area contributed by atoms with E-state index in [0.29, 0.717) is 12.4 Å². The number of ether oxygens (including phenoxy) is 2. The monoisotopic (exact) mass is 433 g/mol. The first kappa shape index (κ1) is 22.0. The maximum absolute atomic E-state index is 12.7. The molecule has 1 N–H and O–H groups in total. The van der Waals surface area contributed by atoms with Crippen molar-refractivity contribution in [2.75, 3.05) is 13.7 Å². The lowest BCUT2D eigenvalue weighted by atomic mass is 9.95. The van der Waals surface area contributed by atoms with Crippen molar-refractivity contribution >= 4 is 22.4 Å². The van der Waals surface area contributed by atoms with Crippen LogP contribution < -0.4 is 14.8 Å².